The molecule has 1 aromatic heterocycles. The van der Waals surface area contributed by atoms with Crippen molar-refractivity contribution in [2.45, 2.75) is 6.92 Å². The Morgan fingerprint density at radius 2 is 2.08 bits per heavy atom. The molecule has 1 heterocycles. The molecule has 0 unspecified atom stereocenters. The second-order valence-corrected chi connectivity index (χ2v) is 5.46. The van der Waals surface area contributed by atoms with Gasteiger partial charge in [-0.2, -0.15) is 5.10 Å². The van der Waals surface area contributed by atoms with Crippen molar-refractivity contribution in [3.05, 3.63) is 70.3 Å². The van der Waals surface area contributed by atoms with Gasteiger partial charge in [-0.05, 0) is 36.8 Å². The molecule has 0 aliphatic carbocycles. The van der Waals surface area contributed by atoms with Gasteiger partial charge in [-0.3, -0.25) is 14.9 Å². The molecule has 26 heavy (non-hydrogen) atoms. The summed E-state index contributed by atoms with van der Waals surface area (Å²) in [7, 11) is 1.50. The maximum absolute atomic E-state index is 12.5. The summed E-state index contributed by atoms with van der Waals surface area (Å²) in [4.78, 5) is 27.1. The predicted molar refractivity (Wildman–Crippen MR) is 93.7 cm³/mol. The van der Waals surface area contributed by atoms with Gasteiger partial charge in [-0.15, -0.1) is 0 Å². The van der Waals surface area contributed by atoms with Gasteiger partial charge in [0.2, 0.25) is 0 Å². The number of carbonyl (C=O) groups is 1. The average molecular weight is 353 g/mol. The summed E-state index contributed by atoms with van der Waals surface area (Å²) in [5, 5.41) is 18.0. The standard InChI is InChI=1S/C17H15N5O4/c1-11-3-6-16(26-2)13(7-11)20-17(23)12-4-5-14(15(8-12)22(24)25)21-10-18-9-19-21/h3-10H,1-2H3,(H,20,23). The van der Waals surface area contributed by atoms with Crippen LogP contribution in [0.25, 0.3) is 5.69 Å². The van der Waals surface area contributed by atoms with Crippen molar-refractivity contribution in [2.75, 3.05) is 12.4 Å². The zero-order chi connectivity index (χ0) is 18.7. The third kappa shape index (κ3) is 3.36. The number of nitrogens with zero attached hydrogens (tertiary/aromatic N) is 4. The number of nitro benzene ring substituents is 1. The third-order valence-electron chi connectivity index (χ3n) is 3.70. The van der Waals surface area contributed by atoms with E-state index >= 15 is 0 Å². The van der Waals surface area contributed by atoms with Crippen molar-refractivity contribution >= 4 is 17.3 Å². The van der Waals surface area contributed by atoms with Gasteiger partial charge >= 0.3 is 0 Å². The number of hydrogen-bond acceptors (Lipinski definition) is 6. The maximum atomic E-state index is 12.5. The first-order chi connectivity index (χ1) is 12.5. The van der Waals surface area contributed by atoms with Gasteiger partial charge in [0.25, 0.3) is 11.6 Å². The number of methoxy groups -OCH3 is 1. The van der Waals surface area contributed by atoms with Gasteiger partial charge in [0, 0.05) is 11.6 Å². The smallest absolute Gasteiger partial charge is 0.295 e. The van der Waals surface area contributed by atoms with Gasteiger partial charge in [-0.25, -0.2) is 9.67 Å². The fraction of sp³-hybridized carbons (Fsp3) is 0.118. The maximum Gasteiger partial charge on any atom is 0.295 e. The Bertz CT molecular complexity index is 969. The van der Waals surface area contributed by atoms with Crippen molar-refractivity contribution < 1.29 is 14.5 Å². The number of benzene rings is 2. The van der Waals surface area contributed by atoms with E-state index in [0.29, 0.717) is 11.4 Å². The number of anilines is 1. The van der Waals surface area contributed by atoms with Crippen LogP contribution >= 0.6 is 0 Å². The Hall–Kier alpha value is -3.75. The van der Waals surface area contributed by atoms with Crippen molar-refractivity contribution in [3.63, 3.8) is 0 Å². The van der Waals surface area contributed by atoms with E-state index in [2.05, 4.69) is 15.4 Å². The van der Waals surface area contributed by atoms with Crippen molar-refractivity contribution in [2.24, 2.45) is 0 Å². The summed E-state index contributed by atoms with van der Waals surface area (Å²) >= 11 is 0. The zero-order valence-corrected chi connectivity index (χ0v) is 14.0. The van der Waals surface area contributed by atoms with Crippen LogP contribution in [-0.4, -0.2) is 32.7 Å². The lowest BCUT2D eigenvalue weighted by Gasteiger charge is -2.11. The lowest BCUT2D eigenvalue weighted by Crippen LogP contribution is -2.14. The fourth-order valence-corrected chi connectivity index (χ4v) is 2.45. The first-order valence-electron chi connectivity index (χ1n) is 7.59. The average Bonchev–Trinajstić information content (AvgIpc) is 3.16. The highest BCUT2D eigenvalue weighted by Crippen LogP contribution is 2.27. The molecular weight excluding hydrogens is 338 g/mol. The Kier molecular flexibility index (Phi) is 4.61. The number of aromatic nitrogens is 3. The van der Waals surface area contributed by atoms with E-state index in [1.807, 2.05) is 13.0 Å². The summed E-state index contributed by atoms with van der Waals surface area (Å²) in [6.07, 6.45) is 2.62. The van der Waals surface area contributed by atoms with Gasteiger partial charge in [0.05, 0.1) is 17.7 Å². The first kappa shape index (κ1) is 17.1. The SMILES string of the molecule is COc1ccc(C)cc1NC(=O)c1ccc(-n2cncn2)c([N+](=O)[O-])c1. The summed E-state index contributed by atoms with van der Waals surface area (Å²) in [6.45, 7) is 1.88. The van der Waals surface area contributed by atoms with Crippen LogP contribution in [-0.2, 0) is 0 Å². The van der Waals surface area contributed by atoms with Crippen LogP contribution in [0.15, 0.2) is 49.1 Å². The van der Waals surface area contributed by atoms with E-state index in [1.165, 1.54) is 42.6 Å². The monoisotopic (exact) mass is 353 g/mol. The van der Waals surface area contributed by atoms with Crippen molar-refractivity contribution in [1.29, 1.82) is 0 Å². The molecule has 0 bridgehead atoms. The molecule has 3 rings (SSSR count). The van der Waals surface area contributed by atoms with Crippen LogP contribution in [0, 0.1) is 17.0 Å². The molecule has 2 aromatic carbocycles. The Labute approximate surface area is 148 Å². The largest absolute Gasteiger partial charge is 0.495 e. The molecule has 0 aliphatic heterocycles. The number of amides is 1. The Morgan fingerprint density at radius 3 is 2.73 bits per heavy atom. The van der Waals surface area contributed by atoms with E-state index in [1.54, 1.807) is 12.1 Å². The van der Waals surface area contributed by atoms with Gasteiger partial charge in [0.15, 0.2) is 0 Å². The molecule has 9 nitrogen and oxygen atoms in total. The van der Waals surface area contributed by atoms with Crippen molar-refractivity contribution in [1.82, 2.24) is 14.8 Å². The van der Waals surface area contributed by atoms with E-state index in [-0.39, 0.29) is 16.9 Å². The fourth-order valence-electron chi connectivity index (χ4n) is 2.45. The van der Waals surface area contributed by atoms with Crippen molar-refractivity contribution in [3.8, 4) is 11.4 Å². The predicted octanol–water partition coefficient (Wildman–Crippen LogP) is 2.74. The second kappa shape index (κ2) is 7.01. The number of hydrogen-bond donors (Lipinski definition) is 1. The molecule has 0 fully saturated rings. The van der Waals surface area contributed by atoms with E-state index in [4.69, 9.17) is 4.74 Å². The number of nitrogens with one attached hydrogen (secondary N) is 1. The van der Waals surface area contributed by atoms with Crippen LogP contribution in [0.5, 0.6) is 5.75 Å². The number of carbonyl (C=O) groups excluding carboxylic acids is 1. The molecule has 3 aromatic rings. The van der Waals surface area contributed by atoms with Gasteiger partial charge in [0.1, 0.15) is 24.1 Å². The first-order valence-corrected chi connectivity index (χ1v) is 7.59. The highest BCUT2D eigenvalue weighted by molar-refractivity contribution is 6.05. The molecule has 0 spiro atoms. The molecule has 9 heteroatoms. The summed E-state index contributed by atoms with van der Waals surface area (Å²) in [5.41, 5.74) is 1.54. The van der Waals surface area contributed by atoms with Crippen LogP contribution < -0.4 is 10.1 Å². The summed E-state index contributed by atoms with van der Waals surface area (Å²) in [6, 6.07) is 9.49. The minimum Gasteiger partial charge on any atom is -0.495 e. The highest BCUT2D eigenvalue weighted by atomic mass is 16.6. The number of ether oxygens (including phenoxy) is 1. The van der Waals surface area contributed by atoms with Crippen LogP contribution in [0.4, 0.5) is 11.4 Å². The molecule has 1 N–H and O–H groups in total. The highest BCUT2D eigenvalue weighted by Gasteiger charge is 2.20. The third-order valence-corrected chi connectivity index (χ3v) is 3.70. The molecular formula is C17H15N5O4. The molecule has 0 atom stereocenters. The molecule has 0 saturated carbocycles. The molecule has 132 valence electrons. The van der Waals surface area contributed by atoms with Gasteiger partial charge < -0.3 is 10.1 Å². The summed E-state index contributed by atoms with van der Waals surface area (Å²) < 4.78 is 6.49. The lowest BCUT2D eigenvalue weighted by atomic mass is 10.1. The second-order valence-electron chi connectivity index (χ2n) is 5.46. The Balaban J connectivity index is 1.95. The minimum atomic E-state index is -0.568. The van der Waals surface area contributed by atoms with E-state index in [0.717, 1.165) is 5.56 Å². The number of nitro groups is 1. The van der Waals surface area contributed by atoms with E-state index < -0.39 is 10.8 Å². The molecule has 0 aliphatic rings. The lowest BCUT2D eigenvalue weighted by molar-refractivity contribution is -0.384. The number of aryl methyl sites for hydroxylation is 1. The topological polar surface area (TPSA) is 112 Å². The van der Waals surface area contributed by atoms with Crippen LogP contribution in [0.2, 0.25) is 0 Å². The zero-order valence-electron chi connectivity index (χ0n) is 14.0. The number of rotatable bonds is 5. The molecule has 1 amide bonds. The quantitative estimate of drug-likeness (QED) is 0.557. The normalized spacial score (nSPS) is 10.4. The Morgan fingerprint density at radius 1 is 1.27 bits per heavy atom. The molecule has 0 saturated heterocycles. The summed E-state index contributed by atoms with van der Waals surface area (Å²) in [5.74, 6) is 0.0137. The van der Waals surface area contributed by atoms with Gasteiger partial charge in [-0.1, -0.05) is 6.07 Å². The van der Waals surface area contributed by atoms with Crippen LogP contribution in [0.1, 0.15) is 15.9 Å². The van der Waals surface area contributed by atoms with Crippen LogP contribution in [0.3, 0.4) is 0 Å². The molecule has 0 radical (unpaired) electrons. The van der Waals surface area contributed by atoms with E-state index in [9.17, 15) is 14.9 Å². The minimum absolute atomic E-state index is 0.143.